The Balaban J connectivity index is 2.19. The number of non-ortho nitro benzene ring substituents is 1. The summed E-state index contributed by atoms with van der Waals surface area (Å²) in [6.07, 6.45) is 0. The summed E-state index contributed by atoms with van der Waals surface area (Å²) in [6.45, 7) is 3.29. The van der Waals surface area contributed by atoms with Gasteiger partial charge >= 0.3 is 0 Å². The highest BCUT2D eigenvalue weighted by atomic mass is 16.6. The summed E-state index contributed by atoms with van der Waals surface area (Å²) in [5.41, 5.74) is 0.0231. The van der Waals surface area contributed by atoms with Crippen LogP contribution in [0.15, 0.2) is 48.5 Å². The molecule has 2 aromatic carbocycles. The van der Waals surface area contributed by atoms with Crippen LogP contribution in [0, 0.1) is 10.1 Å². The van der Waals surface area contributed by atoms with Crippen molar-refractivity contribution in [2.24, 2.45) is 0 Å². The highest BCUT2D eigenvalue weighted by Crippen LogP contribution is 2.43. The van der Waals surface area contributed by atoms with E-state index in [4.69, 9.17) is 4.74 Å². The topological polar surface area (TPSA) is 72.7 Å². The quantitative estimate of drug-likeness (QED) is 0.629. The fourth-order valence-electron chi connectivity index (χ4n) is 2.41. The van der Waals surface area contributed by atoms with E-state index in [9.17, 15) is 14.9 Å². The number of fused-ring (bicyclic) bond motifs is 1. The smallest absolute Gasteiger partial charge is 0.275 e. The zero-order chi connectivity index (χ0) is 15.9. The van der Waals surface area contributed by atoms with Crippen molar-refractivity contribution in [3.63, 3.8) is 0 Å². The molecule has 0 unspecified atom stereocenters. The monoisotopic (exact) mass is 298 g/mol. The average molecular weight is 298 g/mol. The first-order valence-electron chi connectivity index (χ1n) is 6.77. The molecule has 2 aromatic rings. The molecule has 0 aromatic heterocycles. The molecule has 0 bridgehead atoms. The van der Waals surface area contributed by atoms with E-state index >= 15 is 0 Å². The van der Waals surface area contributed by atoms with E-state index in [1.165, 1.54) is 23.1 Å². The van der Waals surface area contributed by atoms with E-state index < -0.39 is 10.5 Å². The average Bonchev–Trinajstić information content (AvgIpc) is 2.48. The minimum absolute atomic E-state index is 0.0723. The molecule has 1 aliphatic rings. The number of anilines is 2. The SMILES string of the molecule is CC1(C)Oc2cc([N+](=O)[O-])ccc2N(c2ccccc2)C1=O. The molecule has 1 heterocycles. The van der Waals surface area contributed by atoms with Crippen molar-refractivity contribution in [3.8, 4) is 5.75 Å². The fraction of sp³-hybridized carbons (Fsp3) is 0.188. The lowest BCUT2D eigenvalue weighted by molar-refractivity contribution is -0.385. The van der Waals surface area contributed by atoms with Gasteiger partial charge in [-0.05, 0) is 32.0 Å². The third-order valence-corrected chi connectivity index (χ3v) is 3.49. The molecule has 6 heteroatoms. The van der Waals surface area contributed by atoms with Crippen molar-refractivity contribution in [1.82, 2.24) is 0 Å². The summed E-state index contributed by atoms with van der Waals surface area (Å²) < 4.78 is 5.68. The predicted octanol–water partition coefficient (Wildman–Crippen LogP) is 3.43. The number of nitro groups is 1. The Morgan fingerprint density at radius 2 is 1.82 bits per heavy atom. The molecule has 3 rings (SSSR count). The van der Waals surface area contributed by atoms with Crippen molar-refractivity contribution >= 4 is 23.0 Å². The number of carbonyl (C=O) groups is 1. The Morgan fingerprint density at radius 3 is 2.45 bits per heavy atom. The van der Waals surface area contributed by atoms with E-state index in [-0.39, 0.29) is 11.6 Å². The van der Waals surface area contributed by atoms with Gasteiger partial charge in [0.15, 0.2) is 11.4 Å². The highest BCUT2D eigenvalue weighted by Gasteiger charge is 2.42. The zero-order valence-electron chi connectivity index (χ0n) is 12.1. The van der Waals surface area contributed by atoms with Gasteiger partial charge in [-0.3, -0.25) is 19.8 Å². The van der Waals surface area contributed by atoms with E-state index in [0.717, 1.165) is 0 Å². The normalized spacial score (nSPS) is 15.9. The summed E-state index contributed by atoms with van der Waals surface area (Å²) in [6, 6.07) is 13.4. The number of rotatable bonds is 2. The van der Waals surface area contributed by atoms with Gasteiger partial charge in [-0.15, -0.1) is 0 Å². The molecule has 0 saturated carbocycles. The van der Waals surface area contributed by atoms with Crippen LogP contribution < -0.4 is 9.64 Å². The molecule has 0 saturated heterocycles. The molecular formula is C16H14N2O4. The van der Waals surface area contributed by atoms with Gasteiger partial charge in [0.05, 0.1) is 16.7 Å². The number of para-hydroxylation sites is 1. The standard InChI is InChI=1S/C16H14N2O4/c1-16(2)15(19)17(11-6-4-3-5-7-11)13-9-8-12(18(20)21)10-14(13)22-16/h3-10H,1-2H3. The molecule has 1 amide bonds. The molecule has 0 fully saturated rings. The summed E-state index contributed by atoms with van der Waals surface area (Å²) in [7, 11) is 0. The van der Waals surface area contributed by atoms with E-state index in [0.29, 0.717) is 17.1 Å². The van der Waals surface area contributed by atoms with Gasteiger partial charge in [0.25, 0.3) is 11.6 Å². The second-order valence-electron chi connectivity index (χ2n) is 5.50. The minimum Gasteiger partial charge on any atom is -0.476 e. The van der Waals surface area contributed by atoms with Gasteiger partial charge in [-0.25, -0.2) is 0 Å². The van der Waals surface area contributed by atoms with Gasteiger partial charge in [0, 0.05) is 11.8 Å². The van der Waals surface area contributed by atoms with Crippen LogP contribution in [0.3, 0.4) is 0 Å². The van der Waals surface area contributed by atoms with Gasteiger partial charge in [0.1, 0.15) is 0 Å². The first-order valence-corrected chi connectivity index (χ1v) is 6.77. The van der Waals surface area contributed by atoms with Crippen LogP contribution in [0.2, 0.25) is 0 Å². The molecule has 0 radical (unpaired) electrons. The maximum absolute atomic E-state index is 12.7. The molecule has 0 atom stereocenters. The molecule has 0 spiro atoms. The van der Waals surface area contributed by atoms with E-state index in [1.807, 2.05) is 30.3 Å². The summed E-state index contributed by atoms with van der Waals surface area (Å²) in [4.78, 5) is 24.7. The van der Waals surface area contributed by atoms with Gasteiger partial charge in [-0.2, -0.15) is 0 Å². The van der Waals surface area contributed by atoms with Crippen LogP contribution >= 0.6 is 0 Å². The van der Waals surface area contributed by atoms with Crippen molar-refractivity contribution in [3.05, 3.63) is 58.6 Å². The Labute approximate surface area is 127 Å². The van der Waals surface area contributed by atoms with Gasteiger partial charge < -0.3 is 4.74 Å². The van der Waals surface area contributed by atoms with Crippen molar-refractivity contribution in [2.75, 3.05) is 4.90 Å². The van der Waals surface area contributed by atoms with Crippen LogP contribution in [-0.4, -0.2) is 16.4 Å². The molecular weight excluding hydrogens is 284 g/mol. The number of ether oxygens (including phenoxy) is 1. The first-order chi connectivity index (χ1) is 10.4. The largest absolute Gasteiger partial charge is 0.476 e. The number of nitro benzene ring substituents is 1. The third kappa shape index (κ3) is 2.18. The number of hydrogen-bond acceptors (Lipinski definition) is 4. The molecule has 6 nitrogen and oxygen atoms in total. The Kier molecular flexibility index (Phi) is 3.09. The lowest BCUT2D eigenvalue weighted by Crippen LogP contribution is -2.50. The van der Waals surface area contributed by atoms with Crippen LogP contribution in [0.25, 0.3) is 0 Å². The number of benzene rings is 2. The van der Waals surface area contributed by atoms with Crippen LogP contribution in [0.5, 0.6) is 5.75 Å². The summed E-state index contributed by atoms with van der Waals surface area (Å²) in [5.74, 6) is 0.0997. The summed E-state index contributed by atoms with van der Waals surface area (Å²) >= 11 is 0. The lowest BCUT2D eigenvalue weighted by atomic mass is 10.0. The molecule has 0 N–H and O–H groups in total. The maximum atomic E-state index is 12.7. The predicted molar refractivity (Wildman–Crippen MR) is 81.4 cm³/mol. The van der Waals surface area contributed by atoms with Crippen LogP contribution in [0.1, 0.15) is 13.8 Å². The fourth-order valence-corrected chi connectivity index (χ4v) is 2.41. The molecule has 22 heavy (non-hydrogen) atoms. The highest BCUT2D eigenvalue weighted by molar-refractivity contribution is 6.08. The number of hydrogen-bond donors (Lipinski definition) is 0. The second kappa shape index (κ2) is 4.84. The number of carbonyl (C=O) groups excluding carboxylic acids is 1. The third-order valence-electron chi connectivity index (χ3n) is 3.49. The van der Waals surface area contributed by atoms with E-state index in [2.05, 4.69) is 0 Å². The molecule has 0 aliphatic carbocycles. The van der Waals surface area contributed by atoms with Crippen molar-refractivity contribution < 1.29 is 14.5 Å². The number of nitrogens with zero attached hydrogens (tertiary/aromatic N) is 2. The van der Waals surface area contributed by atoms with Crippen molar-refractivity contribution in [1.29, 1.82) is 0 Å². The Bertz CT molecular complexity index is 756. The first kappa shape index (κ1) is 14.1. The van der Waals surface area contributed by atoms with Crippen LogP contribution in [-0.2, 0) is 4.79 Å². The second-order valence-corrected chi connectivity index (χ2v) is 5.50. The van der Waals surface area contributed by atoms with E-state index in [1.54, 1.807) is 13.8 Å². The number of amides is 1. The zero-order valence-corrected chi connectivity index (χ0v) is 12.1. The van der Waals surface area contributed by atoms with Gasteiger partial charge in [-0.1, -0.05) is 18.2 Å². The van der Waals surface area contributed by atoms with Crippen molar-refractivity contribution in [2.45, 2.75) is 19.4 Å². The Hall–Kier alpha value is -2.89. The summed E-state index contributed by atoms with van der Waals surface area (Å²) in [5, 5.41) is 10.9. The Morgan fingerprint density at radius 1 is 1.14 bits per heavy atom. The van der Waals surface area contributed by atoms with Gasteiger partial charge in [0.2, 0.25) is 0 Å². The van der Waals surface area contributed by atoms with Crippen LogP contribution in [0.4, 0.5) is 17.1 Å². The minimum atomic E-state index is -1.10. The molecule has 1 aliphatic heterocycles. The lowest BCUT2D eigenvalue weighted by Gasteiger charge is -2.38. The molecule has 112 valence electrons. The maximum Gasteiger partial charge on any atom is 0.275 e.